The molecule has 122 valence electrons. The third-order valence-corrected chi connectivity index (χ3v) is 4.27. The fraction of sp³-hybridized carbons (Fsp3) is 0.263. The number of amides is 2. The van der Waals surface area contributed by atoms with Gasteiger partial charge < -0.3 is 15.4 Å². The molecule has 5 heteroatoms. The number of carbonyl (C=O) groups is 2. The van der Waals surface area contributed by atoms with Crippen LogP contribution in [0.1, 0.15) is 28.8 Å². The zero-order chi connectivity index (χ0) is 16.5. The van der Waals surface area contributed by atoms with Crippen molar-refractivity contribution < 1.29 is 14.3 Å². The predicted molar refractivity (Wildman–Crippen MR) is 90.1 cm³/mol. The molecule has 1 aliphatic carbocycles. The van der Waals surface area contributed by atoms with E-state index in [9.17, 15) is 9.59 Å². The van der Waals surface area contributed by atoms with Gasteiger partial charge in [0.1, 0.15) is 5.75 Å². The van der Waals surface area contributed by atoms with Gasteiger partial charge in [-0.1, -0.05) is 18.2 Å². The number of carbonyl (C=O) groups excluding carboxylic acids is 2. The number of para-hydroxylation sites is 1. The predicted octanol–water partition coefficient (Wildman–Crippen LogP) is 2.52. The molecule has 2 amide bonds. The van der Waals surface area contributed by atoms with Gasteiger partial charge >= 0.3 is 0 Å². The Hall–Kier alpha value is -2.82. The number of hydrogen-bond donors (Lipinski definition) is 2. The molecule has 2 N–H and O–H groups in total. The second-order valence-corrected chi connectivity index (χ2v) is 6.23. The maximum absolute atomic E-state index is 12.3. The Morgan fingerprint density at radius 2 is 1.75 bits per heavy atom. The molecular formula is C19H18N2O3. The second kappa shape index (κ2) is 6.00. The molecule has 0 saturated heterocycles. The summed E-state index contributed by atoms with van der Waals surface area (Å²) in [5, 5.41) is 5.78. The zero-order valence-corrected chi connectivity index (χ0v) is 13.1. The molecule has 2 aromatic rings. The number of nitrogens with one attached hydrogen (secondary N) is 2. The molecule has 1 saturated carbocycles. The standard InChI is InChI=1S/C19H18N2O3/c22-18(20-15-9-10-15)12-5-7-14(8-6-12)21-19(23)17-11-13-3-1-2-4-16(13)24-17/h1-8,15,17H,9-11H2,(H,20,22)(H,21,23)/t17-/m0/s1. The maximum atomic E-state index is 12.3. The summed E-state index contributed by atoms with van der Waals surface area (Å²) in [6, 6.07) is 14.9. The van der Waals surface area contributed by atoms with Gasteiger partial charge in [0.15, 0.2) is 6.10 Å². The minimum Gasteiger partial charge on any atom is -0.480 e. The first-order valence-electron chi connectivity index (χ1n) is 8.15. The Kier molecular flexibility index (Phi) is 3.69. The van der Waals surface area contributed by atoms with Crippen LogP contribution in [0.5, 0.6) is 5.75 Å². The normalized spacial score (nSPS) is 18.4. The summed E-state index contributed by atoms with van der Waals surface area (Å²) in [6.45, 7) is 0. The second-order valence-electron chi connectivity index (χ2n) is 6.23. The molecule has 0 radical (unpaired) electrons. The van der Waals surface area contributed by atoms with E-state index in [1.165, 1.54) is 0 Å². The summed E-state index contributed by atoms with van der Waals surface area (Å²) < 4.78 is 5.68. The lowest BCUT2D eigenvalue weighted by molar-refractivity contribution is -0.122. The van der Waals surface area contributed by atoms with Crippen molar-refractivity contribution in [2.24, 2.45) is 0 Å². The monoisotopic (exact) mass is 322 g/mol. The zero-order valence-electron chi connectivity index (χ0n) is 13.1. The minimum absolute atomic E-state index is 0.0649. The van der Waals surface area contributed by atoms with Crippen LogP contribution in [0.15, 0.2) is 48.5 Å². The van der Waals surface area contributed by atoms with Gasteiger partial charge in [-0.25, -0.2) is 0 Å². The molecule has 0 bridgehead atoms. The van der Waals surface area contributed by atoms with Crippen LogP contribution in [0.3, 0.4) is 0 Å². The quantitative estimate of drug-likeness (QED) is 0.909. The fourth-order valence-corrected chi connectivity index (χ4v) is 2.75. The van der Waals surface area contributed by atoms with Crippen molar-refractivity contribution in [2.45, 2.75) is 31.4 Å². The average Bonchev–Trinajstić information content (AvgIpc) is 3.29. The summed E-state index contributed by atoms with van der Waals surface area (Å²) in [5.74, 6) is 0.524. The van der Waals surface area contributed by atoms with E-state index in [1.807, 2.05) is 24.3 Å². The summed E-state index contributed by atoms with van der Waals surface area (Å²) in [6.07, 6.45) is 2.18. The molecule has 24 heavy (non-hydrogen) atoms. The number of hydrogen-bond acceptors (Lipinski definition) is 3. The number of anilines is 1. The number of rotatable bonds is 4. The van der Waals surface area contributed by atoms with Crippen molar-refractivity contribution in [3.63, 3.8) is 0 Å². The van der Waals surface area contributed by atoms with Crippen LogP contribution >= 0.6 is 0 Å². The van der Waals surface area contributed by atoms with Gasteiger partial charge in [-0.2, -0.15) is 0 Å². The van der Waals surface area contributed by atoms with E-state index < -0.39 is 6.10 Å². The van der Waals surface area contributed by atoms with E-state index in [2.05, 4.69) is 10.6 Å². The Morgan fingerprint density at radius 1 is 1.00 bits per heavy atom. The van der Waals surface area contributed by atoms with Crippen LogP contribution in [-0.4, -0.2) is 24.0 Å². The Bertz CT molecular complexity index is 756. The first-order chi connectivity index (χ1) is 11.7. The van der Waals surface area contributed by atoms with Gasteiger partial charge in [0, 0.05) is 23.7 Å². The maximum Gasteiger partial charge on any atom is 0.265 e. The van der Waals surface area contributed by atoms with Crippen molar-refractivity contribution in [3.05, 3.63) is 59.7 Å². The van der Waals surface area contributed by atoms with Gasteiger partial charge in [0.25, 0.3) is 11.8 Å². The van der Waals surface area contributed by atoms with Crippen LogP contribution < -0.4 is 15.4 Å². The molecule has 4 rings (SSSR count). The van der Waals surface area contributed by atoms with E-state index in [4.69, 9.17) is 4.74 Å². The third kappa shape index (κ3) is 3.11. The largest absolute Gasteiger partial charge is 0.480 e. The summed E-state index contributed by atoms with van der Waals surface area (Å²) in [4.78, 5) is 24.3. The highest BCUT2D eigenvalue weighted by Gasteiger charge is 2.29. The summed E-state index contributed by atoms with van der Waals surface area (Å²) in [7, 11) is 0. The number of ether oxygens (including phenoxy) is 1. The molecule has 1 aliphatic heterocycles. The van der Waals surface area contributed by atoms with Crippen LogP contribution in [0, 0.1) is 0 Å². The lowest BCUT2D eigenvalue weighted by Crippen LogP contribution is -2.31. The minimum atomic E-state index is -0.514. The first-order valence-corrected chi connectivity index (χ1v) is 8.15. The molecule has 0 unspecified atom stereocenters. The van der Waals surface area contributed by atoms with Gasteiger partial charge in [-0.05, 0) is 48.7 Å². The molecule has 1 fully saturated rings. The van der Waals surface area contributed by atoms with Crippen LogP contribution in [-0.2, 0) is 11.2 Å². The molecule has 5 nitrogen and oxygen atoms in total. The van der Waals surface area contributed by atoms with E-state index in [0.29, 0.717) is 23.7 Å². The molecule has 0 aromatic heterocycles. The highest BCUT2D eigenvalue weighted by molar-refractivity contribution is 5.97. The molecule has 0 spiro atoms. The summed E-state index contributed by atoms with van der Waals surface area (Å²) in [5.41, 5.74) is 2.30. The molecule has 1 heterocycles. The van der Waals surface area contributed by atoms with Crippen LogP contribution in [0.25, 0.3) is 0 Å². The molecule has 1 atom stereocenters. The average molecular weight is 322 g/mol. The van der Waals surface area contributed by atoms with Crippen molar-refractivity contribution >= 4 is 17.5 Å². The van der Waals surface area contributed by atoms with Gasteiger partial charge in [-0.3, -0.25) is 9.59 Å². The van der Waals surface area contributed by atoms with Gasteiger partial charge in [0.05, 0.1) is 0 Å². The van der Waals surface area contributed by atoms with E-state index in [0.717, 1.165) is 24.2 Å². The van der Waals surface area contributed by atoms with Gasteiger partial charge in [-0.15, -0.1) is 0 Å². The topological polar surface area (TPSA) is 67.4 Å². The van der Waals surface area contributed by atoms with E-state index >= 15 is 0 Å². The first kappa shape index (κ1) is 14.8. The Morgan fingerprint density at radius 3 is 2.46 bits per heavy atom. The van der Waals surface area contributed by atoms with Crippen molar-refractivity contribution in [1.82, 2.24) is 5.32 Å². The highest BCUT2D eigenvalue weighted by Crippen LogP contribution is 2.28. The van der Waals surface area contributed by atoms with Crippen molar-refractivity contribution in [2.75, 3.05) is 5.32 Å². The van der Waals surface area contributed by atoms with E-state index in [-0.39, 0.29) is 11.8 Å². The van der Waals surface area contributed by atoms with Crippen LogP contribution in [0.2, 0.25) is 0 Å². The lowest BCUT2D eigenvalue weighted by Gasteiger charge is -2.12. The molecular weight excluding hydrogens is 304 g/mol. The Balaban J connectivity index is 1.37. The third-order valence-electron chi connectivity index (χ3n) is 4.27. The smallest absolute Gasteiger partial charge is 0.265 e. The fourth-order valence-electron chi connectivity index (χ4n) is 2.75. The van der Waals surface area contributed by atoms with Crippen molar-refractivity contribution in [1.29, 1.82) is 0 Å². The van der Waals surface area contributed by atoms with E-state index in [1.54, 1.807) is 24.3 Å². The Labute approximate surface area is 140 Å². The molecule has 2 aliphatic rings. The number of benzene rings is 2. The highest BCUT2D eigenvalue weighted by atomic mass is 16.5. The van der Waals surface area contributed by atoms with Crippen LogP contribution in [0.4, 0.5) is 5.69 Å². The SMILES string of the molecule is O=C(NC1CC1)c1ccc(NC(=O)[C@@H]2Cc3ccccc3O2)cc1. The summed E-state index contributed by atoms with van der Waals surface area (Å²) >= 11 is 0. The molecule has 2 aromatic carbocycles. The number of fused-ring (bicyclic) bond motifs is 1. The lowest BCUT2D eigenvalue weighted by atomic mass is 10.1. The van der Waals surface area contributed by atoms with Gasteiger partial charge in [0.2, 0.25) is 0 Å². The van der Waals surface area contributed by atoms with Crippen molar-refractivity contribution in [3.8, 4) is 5.75 Å².